The lowest BCUT2D eigenvalue weighted by Gasteiger charge is -2.04. The molecular formula is C12H12O4. The lowest BCUT2D eigenvalue weighted by atomic mass is 10.0. The van der Waals surface area contributed by atoms with Gasteiger partial charge in [-0.1, -0.05) is 18.2 Å². The van der Waals surface area contributed by atoms with Gasteiger partial charge in [0.15, 0.2) is 0 Å². The fourth-order valence-corrected chi connectivity index (χ4v) is 1.35. The van der Waals surface area contributed by atoms with E-state index in [2.05, 4.69) is 4.74 Å². The Balaban J connectivity index is 3.14. The van der Waals surface area contributed by atoms with E-state index in [4.69, 9.17) is 5.11 Å². The molecule has 0 bridgehead atoms. The number of hydrogen-bond acceptors (Lipinski definition) is 3. The number of carboxylic acid groups (broad SMARTS) is 1. The summed E-state index contributed by atoms with van der Waals surface area (Å²) in [7, 11) is 1.26. The van der Waals surface area contributed by atoms with Crippen molar-refractivity contribution in [2.45, 2.75) is 6.92 Å². The van der Waals surface area contributed by atoms with Crippen LogP contribution in [0.5, 0.6) is 0 Å². The van der Waals surface area contributed by atoms with E-state index in [1.165, 1.54) is 19.3 Å². The van der Waals surface area contributed by atoms with Gasteiger partial charge < -0.3 is 9.84 Å². The summed E-state index contributed by atoms with van der Waals surface area (Å²) in [5, 5.41) is 9.02. The van der Waals surface area contributed by atoms with Gasteiger partial charge in [0, 0.05) is 6.08 Å². The third kappa shape index (κ3) is 2.70. The van der Waals surface area contributed by atoms with E-state index in [0.29, 0.717) is 11.1 Å². The predicted octanol–water partition coefficient (Wildman–Crippen LogP) is 1.88. The Kier molecular flexibility index (Phi) is 3.83. The normalized spacial score (nSPS) is 10.4. The molecule has 0 unspecified atom stereocenters. The number of carboxylic acids is 1. The number of hydrogen-bond donors (Lipinski definition) is 1. The van der Waals surface area contributed by atoms with Crippen LogP contribution in [0.2, 0.25) is 0 Å². The van der Waals surface area contributed by atoms with Gasteiger partial charge >= 0.3 is 11.9 Å². The molecule has 84 valence electrons. The Labute approximate surface area is 93.2 Å². The third-order valence-corrected chi connectivity index (χ3v) is 2.12. The maximum atomic E-state index is 11.0. The highest BCUT2D eigenvalue weighted by atomic mass is 16.5. The van der Waals surface area contributed by atoms with Gasteiger partial charge in [0.05, 0.1) is 12.7 Å². The molecule has 1 aromatic rings. The summed E-state index contributed by atoms with van der Waals surface area (Å²) in [6.07, 6.45) is 2.63. The smallest absolute Gasteiger partial charge is 0.336 e. The second kappa shape index (κ2) is 5.11. The monoisotopic (exact) mass is 220 g/mol. The number of aromatic carboxylic acids is 1. The topological polar surface area (TPSA) is 63.6 Å². The number of aryl methyl sites for hydroxylation is 1. The average molecular weight is 220 g/mol. The molecule has 0 spiro atoms. The van der Waals surface area contributed by atoms with Gasteiger partial charge in [-0.05, 0) is 24.1 Å². The summed E-state index contributed by atoms with van der Waals surface area (Å²) in [5.41, 5.74) is 1.33. The van der Waals surface area contributed by atoms with Crippen LogP contribution in [0.15, 0.2) is 24.3 Å². The molecule has 0 aliphatic heterocycles. The molecule has 0 radical (unpaired) electrons. The third-order valence-electron chi connectivity index (χ3n) is 2.12. The Hall–Kier alpha value is -2.10. The average Bonchev–Trinajstić information content (AvgIpc) is 2.25. The van der Waals surface area contributed by atoms with Crippen LogP contribution in [0, 0.1) is 6.92 Å². The number of benzene rings is 1. The number of carbonyl (C=O) groups is 2. The summed E-state index contributed by atoms with van der Waals surface area (Å²) < 4.78 is 4.43. The highest BCUT2D eigenvalue weighted by molar-refractivity contribution is 5.96. The number of methoxy groups -OCH3 is 1. The largest absolute Gasteiger partial charge is 0.478 e. The molecule has 0 aliphatic rings. The van der Waals surface area contributed by atoms with Gasteiger partial charge in [-0.3, -0.25) is 0 Å². The molecule has 0 saturated heterocycles. The van der Waals surface area contributed by atoms with E-state index in [1.54, 1.807) is 25.1 Å². The Morgan fingerprint density at radius 3 is 2.62 bits per heavy atom. The molecule has 4 nitrogen and oxygen atoms in total. The van der Waals surface area contributed by atoms with Crippen LogP contribution in [0.4, 0.5) is 0 Å². The van der Waals surface area contributed by atoms with Crippen molar-refractivity contribution in [3.8, 4) is 0 Å². The van der Waals surface area contributed by atoms with Gasteiger partial charge in [-0.15, -0.1) is 0 Å². The molecule has 1 N–H and O–H groups in total. The van der Waals surface area contributed by atoms with Crippen LogP contribution in [-0.2, 0) is 9.53 Å². The van der Waals surface area contributed by atoms with Crippen LogP contribution in [-0.4, -0.2) is 24.2 Å². The van der Waals surface area contributed by atoms with E-state index < -0.39 is 11.9 Å². The molecule has 0 heterocycles. The quantitative estimate of drug-likeness (QED) is 0.624. The second-order valence-electron chi connectivity index (χ2n) is 3.20. The Bertz CT molecular complexity index is 446. The highest BCUT2D eigenvalue weighted by Gasteiger charge is 2.10. The number of esters is 1. The minimum atomic E-state index is -1.01. The van der Waals surface area contributed by atoms with Crippen molar-refractivity contribution in [1.29, 1.82) is 0 Å². The summed E-state index contributed by atoms with van der Waals surface area (Å²) in [6.45, 7) is 1.71. The maximum absolute atomic E-state index is 11.0. The Morgan fingerprint density at radius 1 is 1.38 bits per heavy atom. The van der Waals surface area contributed by atoms with Crippen molar-refractivity contribution in [2.24, 2.45) is 0 Å². The molecule has 16 heavy (non-hydrogen) atoms. The fourth-order valence-electron chi connectivity index (χ4n) is 1.35. The maximum Gasteiger partial charge on any atom is 0.336 e. The number of carbonyl (C=O) groups excluding carboxylic acids is 1. The standard InChI is InChI=1S/C12H12O4/c1-8-4-3-5-9(11(8)12(14)15)6-7-10(13)16-2/h3-7H,1-2H3,(H,14,15). The lowest BCUT2D eigenvalue weighted by Crippen LogP contribution is -2.03. The van der Waals surface area contributed by atoms with Crippen molar-refractivity contribution in [3.05, 3.63) is 41.0 Å². The van der Waals surface area contributed by atoms with Crippen LogP contribution in [0.3, 0.4) is 0 Å². The van der Waals surface area contributed by atoms with E-state index >= 15 is 0 Å². The van der Waals surface area contributed by atoms with Gasteiger partial charge in [0.25, 0.3) is 0 Å². The summed E-state index contributed by atoms with van der Waals surface area (Å²) in [4.78, 5) is 21.9. The first-order valence-corrected chi connectivity index (χ1v) is 4.65. The van der Waals surface area contributed by atoms with E-state index in [1.807, 2.05) is 0 Å². The van der Waals surface area contributed by atoms with Crippen LogP contribution in [0.1, 0.15) is 21.5 Å². The van der Waals surface area contributed by atoms with Crippen molar-refractivity contribution >= 4 is 18.0 Å². The van der Waals surface area contributed by atoms with Crippen molar-refractivity contribution in [3.63, 3.8) is 0 Å². The van der Waals surface area contributed by atoms with Crippen LogP contribution in [0.25, 0.3) is 6.08 Å². The van der Waals surface area contributed by atoms with Crippen molar-refractivity contribution in [1.82, 2.24) is 0 Å². The number of ether oxygens (including phenoxy) is 1. The summed E-state index contributed by atoms with van der Waals surface area (Å²) in [5.74, 6) is -1.53. The van der Waals surface area contributed by atoms with Crippen molar-refractivity contribution < 1.29 is 19.4 Å². The van der Waals surface area contributed by atoms with Gasteiger partial charge in [-0.25, -0.2) is 9.59 Å². The zero-order chi connectivity index (χ0) is 12.1. The SMILES string of the molecule is COC(=O)C=Cc1cccc(C)c1C(=O)O. The first kappa shape index (κ1) is 12.0. The summed E-state index contributed by atoms with van der Waals surface area (Å²) >= 11 is 0. The number of rotatable bonds is 3. The van der Waals surface area contributed by atoms with Crippen molar-refractivity contribution in [2.75, 3.05) is 7.11 Å². The Morgan fingerprint density at radius 2 is 2.06 bits per heavy atom. The summed E-state index contributed by atoms with van der Waals surface area (Å²) in [6, 6.07) is 5.08. The minimum Gasteiger partial charge on any atom is -0.478 e. The molecule has 0 amide bonds. The zero-order valence-corrected chi connectivity index (χ0v) is 9.06. The first-order chi connectivity index (χ1) is 7.56. The van der Waals surface area contributed by atoms with Gasteiger partial charge in [0.1, 0.15) is 0 Å². The fraction of sp³-hybridized carbons (Fsp3) is 0.167. The van der Waals surface area contributed by atoms with Crippen LogP contribution >= 0.6 is 0 Å². The van der Waals surface area contributed by atoms with Gasteiger partial charge in [0.2, 0.25) is 0 Å². The van der Waals surface area contributed by atoms with E-state index in [9.17, 15) is 9.59 Å². The molecule has 0 fully saturated rings. The van der Waals surface area contributed by atoms with Gasteiger partial charge in [-0.2, -0.15) is 0 Å². The van der Waals surface area contributed by atoms with E-state index in [0.717, 1.165) is 0 Å². The van der Waals surface area contributed by atoms with Crippen LogP contribution < -0.4 is 0 Å². The molecule has 1 aromatic carbocycles. The molecule has 4 heteroatoms. The zero-order valence-electron chi connectivity index (χ0n) is 9.06. The predicted molar refractivity (Wildman–Crippen MR) is 59.2 cm³/mol. The minimum absolute atomic E-state index is 0.197. The van der Waals surface area contributed by atoms with E-state index in [-0.39, 0.29) is 5.56 Å². The highest BCUT2D eigenvalue weighted by Crippen LogP contribution is 2.15. The molecule has 0 aromatic heterocycles. The molecule has 1 rings (SSSR count). The molecule has 0 aliphatic carbocycles. The molecular weight excluding hydrogens is 208 g/mol. The molecule has 0 saturated carbocycles. The molecule has 0 atom stereocenters. The lowest BCUT2D eigenvalue weighted by molar-refractivity contribution is -0.134. The first-order valence-electron chi connectivity index (χ1n) is 4.65. The second-order valence-corrected chi connectivity index (χ2v) is 3.20.